The first-order valence-electron chi connectivity index (χ1n) is 6.07. The van der Waals surface area contributed by atoms with Crippen LogP contribution in [0.1, 0.15) is 39.0 Å². The fourth-order valence-electron chi connectivity index (χ4n) is 2.77. The Morgan fingerprint density at radius 3 is 2.81 bits per heavy atom. The number of rotatable bonds is 2. The predicted octanol–water partition coefficient (Wildman–Crippen LogP) is 1.04. The summed E-state index contributed by atoms with van der Waals surface area (Å²) in [6.45, 7) is 3.11. The molecule has 1 aliphatic heterocycles. The Hall–Kier alpha value is -0.900. The van der Waals surface area contributed by atoms with Crippen molar-refractivity contribution in [3.05, 3.63) is 0 Å². The van der Waals surface area contributed by atoms with Crippen LogP contribution in [0.2, 0.25) is 0 Å². The second kappa shape index (κ2) is 4.53. The first kappa shape index (κ1) is 11.6. The number of carbonyl (C=O) groups is 2. The van der Waals surface area contributed by atoms with Crippen LogP contribution in [0.4, 0.5) is 0 Å². The van der Waals surface area contributed by atoms with Crippen LogP contribution in [0, 0.1) is 5.41 Å². The number of carbonyl (C=O) groups excluding carboxylic acids is 2. The molecule has 0 amide bonds. The minimum absolute atomic E-state index is 0.142. The van der Waals surface area contributed by atoms with E-state index in [2.05, 4.69) is 5.32 Å². The van der Waals surface area contributed by atoms with Gasteiger partial charge < -0.3 is 10.1 Å². The number of esters is 1. The third-order valence-electron chi connectivity index (χ3n) is 3.80. The second-order valence-electron chi connectivity index (χ2n) is 4.93. The van der Waals surface area contributed by atoms with E-state index >= 15 is 0 Å². The molecule has 1 unspecified atom stereocenters. The maximum absolute atomic E-state index is 11.6. The Balaban J connectivity index is 1.92. The minimum atomic E-state index is -0.159. The monoisotopic (exact) mass is 225 g/mol. The van der Waals surface area contributed by atoms with Gasteiger partial charge in [-0.2, -0.15) is 0 Å². The summed E-state index contributed by atoms with van der Waals surface area (Å²) in [7, 11) is 0. The molecular formula is C12H19NO3. The Morgan fingerprint density at radius 2 is 2.19 bits per heavy atom. The molecule has 16 heavy (non-hydrogen) atoms. The lowest BCUT2D eigenvalue weighted by Gasteiger charge is -2.31. The Bertz CT molecular complexity index is 291. The molecule has 1 N–H and O–H groups in total. The smallest absolute Gasteiger partial charge is 0.323 e. The highest BCUT2D eigenvalue weighted by Gasteiger charge is 2.43. The van der Waals surface area contributed by atoms with Crippen LogP contribution < -0.4 is 5.32 Å². The van der Waals surface area contributed by atoms with E-state index in [4.69, 9.17) is 4.74 Å². The van der Waals surface area contributed by atoms with E-state index in [0.717, 1.165) is 25.8 Å². The molecule has 1 atom stereocenters. The lowest BCUT2D eigenvalue weighted by atomic mass is 9.72. The van der Waals surface area contributed by atoms with Crippen LogP contribution >= 0.6 is 0 Å². The zero-order valence-electron chi connectivity index (χ0n) is 9.75. The number of ketones is 1. The maximum atomic E-state index is 11.6. The lowest BCUT2D eigenvalue weighted by Crippen LogP contribution is -2.32. The summed E-state index contributed by atoms with van der Waals surface area (Å²) >= 11 is 0. The summed E-state index contributed by atoms with van der Waals surface area (Å²) in [5, 5.41) is 3.23. The maximum Gasteiger partial charge on any atom is 0.323 e. The van der Waals surface area contributed by atoms with Gasteiger partial charge in [0.1, 0.15) is 11.8 Å². The van der Waals surface area contributed by atoms with Crippen molar-refractivity contribution in [1.29, 1.82) is 0 Å². The normalized spacial score (nSPS) is 28.3. The summed E-state index contributed by atoms with van der Waals surface area (Å²) in [5.41, 5.74) is 0.172. The average molecular weight is 225 g/mol. The molecule has 4 heteroatoms. The molecule has 0 radical (unpaired) electrons. The standard InChI is InChI=1S/C12H19NO3/c1-2-16-11(15)10-7-12(8-13-10)5-3-9(14)4-6-12/h10,13H,2-8H2,1H3. The zero-order chi connectivity index (χ0) is 11.6. The highest BCUT2D eigenvalue weighted by Crippen LogP contribution is 2.41. The molecule has 1 saturated carbocycles. The fourth-order valence-corrected chi connectivity index (χ4v) is 2.77. The zero-order valence-corrected chi connectivity index (χ0v) is 9.75. The van der Waals surface area contributed by atoms with Gasteiger partial charge in [-0.25, -0.2) is 0 Å². The Morgan fingerprint density at radius 1 is 1.50 bits per heavy atom. The molecule has 4 nitrogen and oxygen atoms in total. The molecule has 2 aliphatic rings. The number of ether oxygens (including phenoxy) is 1. The van der Waals surface area contributed by atoms with Crippen LogP contribution in [0.5, 0.6) is 0 Å². The minimum Gasteiger partial charge on any atom is -0.465 e. The first-order chi connectivity index (χ1) is 7.65. The largest absolute Gasteiger partial charge is 0.465 e. The van der Waals surface area contributed by atoms with Crippen LogP contribution in [0.25, 0.3) is 0 Å². The van der Waals surface area contributed by atoms with Gasteiger partial charge in [0.25, 0.3) is 0 Å². The SMILES string of the molecule is CCOC(=O)C1CC2(CCC(=O)CC2)CN1. The molecule has 0 bridgehead atoms. The first-order valence-corrected chi connectivity index (χ1v) is 6.07. The highest BCUT2D eigenvalue weighted by molar-refractivity contribution is 5.80. The van der Waals surface area contributed by atoms with Gasteiger partial charge in [0, 0.05) is 19.4 Å². The van der Waals surface area contributed by atoms with E-state index in [9.17, 15) is 9.59 Å². The van der Waals surface area contributed by atoms with E-state index in [-0.39, 0.29) is 17.4 Å². The summed E-state index contributed by atoms with van der Waals surface area (Å²) in [6, 6.07) is -0.159. The summed E-state index contributed by atoms with van der Waals surface area (Å²) in [5.74, 6) is 0.224. The van der Waals surface area contributed by atoms with E-state index in [0.29, 0.717) is 25.2 Å². The van der Waals surface area contributed by atoms with Gasteiger partial charge in [-0.1, -0.05) is 0 Å². The van der Waals surface area contributed by atoms with Gasteiger partial charge in [0.15, 0.2) is 0 Å². The van der Waals surface area contributed by atoms with Crippen molar-refractivity contribution in [3.63, 3.8) is 0 Å². The van der Waals surface area contributed by atoms with Crippen molar-refractivity contribution in [2.75, 3.05) is 13.2 Å². The molecule has 0 aromatic carbocycles. The quantitative estimate of drug-likeness (QED) is 0.713. The van der Waals surface area contributed by atoms with Gasteiger partial charge in [-0.15, -0.1) is 0 Å². The van der Waals surface area contributed by atoms with Gasteiger partial charge in [0.05, 0.1) is 6.61 Å². The third kappa shape index (κ3) is 2.26. The van der Waals surface area contributed by atoms with Gasteiger partial charge in [-0.05, 0) is 31.6 Å². The molecule has 0 aromatic heterocycles. The van der Waals surface area contributed by atoms with Gasteiger partial charge in [-0.3, -0.25) is 9.59 Å². The molecule has 2 rings (SSSR count). The number of nitrogens with one attached hydrogen (secondary N) is 1. The number of hydrogen-bond donors (Lipinski definition) is 1. The van der Waals surface area contributed by atoms with Crippen LogP contribution in [-0.2, 0) is 14.3 Å². The number of hydrogen-bond acceptors (Lipinski definition) is 4. The second-order valence-corrected chi connectivity index (χ2v) is 4.93. The summed E-state index contributed by atoms with van der Waals surface area (Å²) in [6.07, 6.45) is 4.04. The average Bonchev–Trinajstić information content (AvgIpc) is 2.68. The Labute approximate surface area is 95.7 Å². The van der Waals surface area contributed by atoms with E-state index < -0.39 is 0 Å². The number of Topliss-reactive ketones (excluding diaryl/α,β-unsaturated/α-hetero) is 1. The Kier molecular flexibility index (Phi) is 3.28. The van der Waals surface area contributed by atoms with Crippen molar-refractivity contribution in [1.82, 2.24) is 5.32 Å². The molecule has 90 valence electrons. The van der Waals surface area contributed by atoms with Crippen LogP contribution in [0.15, 0.2) is 0 Å². The topological polar surface area (TPSA) is 55.4 Å². The molecule has 2 fully saturated rings. The molecule has 0 aromatic rings. The molecule has 1 saturated heterocycles. The fraction of sp³-hybridized carbons (Fsp3) is 0.833. The van der Waals surface area contributed by atoms with Crippen molar-refractivity contribution in [2.45, 2.75) is 45.1 Å². The van der Waals surface area contributed by atoms with Gasteiger partial charge >= 0.3 is 5.97 Å². The highest BCUT2D eigenvalue weighted by atomic mass is 16.5. The molecule has 1 aliphatic carbocycles. The van der Waals surface area contributed by atoms with Crippen LogP contribution in [-0.4, -0.2) is 30.9 Å². The van der Waals surface area contributed by atoms with E-state index in [1.54, 1.807) is 0 Å². The summed E-state index contributed by atoms with van der Waals surface area (Å²) in [4.78, 5) is 22.8. The van der Waals surface area contributed by atoms with E-state index in [1.807, 2.05) is 6.92 Å². The van der Waals surface area contributed by atoms with Crippen molar-refractivity contribution in [3.8, 4) is 0 Å². The lowest BCUT2D eigenvalue weighted by molar-refractivity contribution is -0.145. The van der Waals surface area contributed by atoms with Crippen molar-refractivity contribution in [2.24, 2.45) is 5.41 Å². The van der Waals surface area contributed by atoms with Crippen molar-refractivity contribution < 1.29 is 14.3 Å². The molecule has 1 heterocycles. The molecular weight excluding hydrogens is 206 g/mol. The summed E-state index contributed by atoms with van der Waals surface area (Å²) < 4.78 is 5.01. The van der Waals surface area contributed by atoms with Crippen LogP contribution in [0.3, 0.4) is 0 Å². The molecule has 1 spiro atoms. The van der Waals surface area contributed by atoms with Gasteiger partial charge in [0.2, 0.25) is 0 Å². The predicted molar refractivity (Wildman–Crippen MR) is 58.9 cm³/mol. The third-order valence-corrected chi connectivity index (χ3v) is 3.80. The van der Waals surface area contributed by atoms with Crippen molar-refractivity contribution >= 4 is 11.8 Å². The van der Waals surface area contributed by atoms with E-state index in [1.165, 1.54) is 0 Å².